The van der Waals surface area contributed by atoms with Crippen LogP contribution in [0.5, 0.6) is 0 Å². The first-order chi connectivity index (χ1) is 23.8. The first kappa shape index (κ1) is 24.7. The van der Waals surface area contributed by atoms with Gasteiger partial charge >= 0.3 is 0 Å². The zero-order valence-corrected chi connectivity index (χ0v) is 26.5. The van der Waals surface area contributed by atoms with E-state index >= 15 is 0 Å². The Balaban J connectivity index is 1.35. The third-order valence-corrected chi connectivity index (χ3v) is 12.5. The molecule has 48 heavy (non-hydrogen) atoms. The molecule has 0 fully saturated rings. The van der Waals surface area contributed by atoms with Crippen molar-refractivity contribution in [1.82, 2.24) is 9.13 Å². The van der Waals surface area contributed by atoms with Crippen LogP contribution in [0.15, 0.2) is 94.9 Å². The van der Waals surface area contributed by atoms with Crippen molar-refractivity contribution in [3.63, 3.8) is 0 Å². The minimum Gasteiger partial charge on any atom is -0.338 e. The van der Waals surface area contributed by atoms with Gasteiger partial charge in [0.1, 0.15) is 0 Å². The second kappa shape index (κ2) is 8.32. The third-order valence-electron chi connectivity index (χ3n) is 12.5. The average molecular weight is 615 g/mol. The molecule has 1 aliphatic carbocycles. The number of nitrogens with zero attached hydrogens (tertiary/aromatic N) is 4. The van der Waals surface area contributed by atoms with Crippen molar-refractivity contribution >= 4 is 66.7 Å². The Morgan fingerprint density at radius 3 is 1.58 bits per heavy atom. The van der Waals surface area contributed by atoms with E-state index in [0.717, 1.165) is 45.2 Å². The number of benzene rings is 4. The lowest BCUT2D eigenvalue weighted by molar-refractivity contribution is 0.555. The van der Waals surface area contributed by atoms with Crippen LogP contribution in [0.3, 0.4) is 0 Å². The predicted octanol–water partition coefficient (Wildman–Crippen LogP) is 7.65. The predicted molar refractivity (Wildman–Crippen MR) is 195 cm³/mol. The van der Waals surface area contributed by atoms with E-state index in [4.69, 9.17) is 9.98 Å². The highest BCUT2D eigenvalue weighted by Crippen LogP contribution is 2.51. The van der Waals surface area contributed by atoms with E-state index in [1.54, 1.807) is 5.56 Å². The van der Waals surface area contributed by atoms with Gasteiger partial charge in [0.15, 0.2) is 0 Å². The van der Waals surface area contributed by atoms with E-state index in [0.29, 0.717) is 0 Å². The van der Waals surface area contributed by atoms with Crippen LogP contribution in [0.1, 0.15) is 70.5 Å². The molecule has 13 rings (SSSR count). The zero-order valence-electron chi connectivity index (χ0n) is 26.5. The largest absolute Gasteiger partial charge is 0.338 e. The highest BCUT2D eigenvalue weighted by atomic mass is 15.1. The highest BCUT2D eigenvalue weighted by Gasteiger charge is 2.38. The van der Waals surface area contributed by atoms with Crippen molar-refractivity contribution in [1.29, 1.82) is 0 Å². The number of aromatic nitrogens is 2. The first-order valence-corrected chi connectivity index (χ1v) is 17.7. The lowest BCUT2D eigenvalue weighted by Crippen LogP contribution is -2.35. The van der Waals surface area contributed by atoms with Gasteiger partial charge in [-0.15, -0.1) is 0 Å². The molecule has 7 aliphatic rings. The molecule has 10 bridgehead atoms. The van der Waals surface area contributed by atoms with Crippen molar-refractivity contribution in [3.8, 4) is 0 Å². The van der Waals surface area contributed by atoms with Gasteiger partial charge in [0.2, 0.25) is 0 Å². The Kier molecular flexibility index (Phi) is 4.27. The smallest absolute Gasteiger partial charge is 0.0769 e. The molecule has 4 aromatic carbocycles. The summed E-state index contributed by atoms with van der Waals surface area (Å²) in [6.45, 7) is 1.82. The molecule has 0 atom stereocenters. The van der Waals surface area contributed by atoms with Crippen LogP contribution in [0, 0.1) is 0 Å². The van der Waals surface area contributed by atoms with Gasteiger partial charge in [-0.25, -0.2) is 9.98 Å². The van der Waals surface area contributed by atoms with Gasteiger partial charge in [0.05, 0.1) is 44.9 Å². The van der Waals surface area contributed by atoms with Crippen LogP contribution < -0.4 is 10.7 Å². The molecule has 0 amide bonds. The molecule has 0 saturated carbocycles. The fraction of sp³-hybridized carbons (Fsp3) is 0.182. The maximum atomic E-state index is 5.69. The van der Waals surface area contributed by atoms with Gasteiger partial charge in [0, 0.05) is 79.2 Å². The highest BCUT2D eigenvalue weighted by molar-refractivity contribution is 6.37. The van der Waals surface area contributed by atoms with Crippen molar-refractivity contribution in [3.05, 3.63) is 140 Å². The van der Waals surface area contributed by atoms with E-state index < -0.39 is 0 Å². The molecular formula is C44H30N4. The summed E-state index contributed by atoms with van der Waals surface area (Å²) in [5.41, 5.74) is 21.4. The maximum Gasteiger partial charge on any atom is 0.0769 e. The Morgan fingerprint density at radius 1 is 0.438 bits per heavy atom. The number of aliphatic imine (C=N–C) groups is 2. The second-order valence-electron chi connectivity index (χ2n) is 14.5. The molecule has 0 spiro atoms. The summed E-state index contributed by atoms with van der Waals surface area (Å²) in [6.07, 6.45) is 6.24. The summed E-state index contributed by atoms with van der Waals surface area (Å²) in [5, 5.41) is 8.30. The standard InChI is InChI=1S/C44H30N4/c1-2-8-26-25(7-1)37-32-17-18-34(39(26)45-37)43-31-16-14-23-13-15-24(23)36(31)44-35-20-19-33(38-27-9-3-4-10-28(27)40(35)46-38)42-30-12-6-5-11-29(30)41(32)47(42)21-22-48(43)44/h1-12,14,16H,13,15,17-22H2. The molecule has 6 aromatic rings. The number of fused-ring (bicyclic) bond motifs is 27. The minimum atomic E-state index is 0.907. The lowest BCUT2D eigenvalue weighted by atomic mass is 9.82. The molecule has 4 heteroatoms. The zero-order chi connectivity index (χ0) is 30.8. The summed E-state index contributed by atoms with van der Waals surface area (Å²) in [6, 6.07) is 32.1. The summed E-state index contributed by atoms with van der Waals surface area (Å²) < 4.78 is 5.47. The molecule has 4 nitrogen and oxygen atoms in total. The van der Waals surface area contributed by atoms with Crippen molar-refractivity contribution in [2.45, 2.75) is 51.6 Å². The normalized spacial score (nSPS) is 19.0. The van der Waals surface area contributed by atoms with Gasteiger partial charge in [-0.05, 0) is 49.7 Å². The van der Waals surface area contributed by atoms with E-state index in [-0.39, 0.29) is 0 Å². The van der Waals surface area contributed by atoms with Gasteiger partial charge in [-0.1, -0.05) is 84.9 Å². The summed E-state index contributed by atoms with van der Waals surface area (Å²) in [5.74, 6) is 0. The number of hydrogen-bond donors (Lipinski definition) is 0. The lowest BCUT2D eigenvalue weighted by Gasteiger charge is -2.25. The summed E-state index contributed by atoms with van der Waals surface area (Å²) in [7, 11) is 0. The maximum absolute atomic E-state index is 5.69. The van der Waals surface area contributed by atoms with Gasteiger partial charge in [-0.3, -0.25) is 0 Å². The SMILES string of the molecule is c1ccc2c(c1)C1=NC2=C2CCC1=c1c3ccccc3c3n1CCn1c2c2ccc4c(c2c1C1=C2N=C(C=3CC1)c1ccccc12)CC4. The Hall–Kier alpha value is -5.48. The minimum absolute atomic E-state index is 0.907. The fourth-order valence-corrected chi connectivity index (χ4v) is 10.5. The third kappa shape index (κ3) is 2.72. The van der Waals surface area contributed by atoms with E-state index in [2.05, 4.69) is 94.1 Å². The molecule has 8 heterocycles. The quantitative estimate of drug-likeness (QED) is 0.169. The van der Waals surface area contributed by atoms with Gasteiger partial charge in [0.25, 0.3) is 0 Å². The number of hydrogen-bond acceptors (Lipinski definition) is 2. The van der Waals surface area contributed by atoms with Crippen LogP contribution in [-0.4, -0.2) is 20.6 Å². The van der Waals surface area contributed by atoms with E-state index in [9.17, 15) is 0 Å². The molecular weight excluding hydrogens is 585 g/mol. The number of rotatable bonds is 0. The number of aryl methyl sites for hydroxylation is 2. The average Bonchev–Trinajstić information content (AvgIpc) is 3.75. The first-order valence-electron chi connectivity index (χ1n) is 17.7. The molecule has 6 aliphatic heterocycles. The molecule has 0 saturated heterocycles. The topological polar surface area (TPSA) is 34.6 Å². The Morgan fingerprint density at radius 2 is 0.979 bits per heavy atom. The van der Waals surface area contributed by atoms with E-state index in [1.807, 2.05) is 0 Å². The van der Waals surface area contributed by atoms with Crippen molar-refractivity contribution < 1.29 is 0 Å². The summed E-state index contributed by atoms with van der Waals surface area (Å²) >= 11 is 0. The van der Waals surface area contributed by atoms with E-state index in [1.165, 1.54) is 123 Å². The van der Waals surface area contributed by atoms with Crippen LogP contribution in [0.4, 0.5) is 0 Å². The molecule has 2 aromatic heterocycles. The van der Waals surface area contributed by atoms with Crippen molar-refractivity contribution in [2.24, 2.45) is 9.98 Å². The van der Waals surface area contributed by atoms with Crippen LogP contribution in [0.25, 0.3) is 55.2 Å². The number of allylic oxidation sites excluding steroid dienone is 2. The molecule has 0 unspecified atom stereocenters. The monoisotopic (exact) mass is 614 g/mol. The van der Waals surface area contributed by atoms with Crippen LogP contribution >= 0.6 is 0 Å². The van der Waals surface area contributed by atoms with Crippen LogP contribution in [-0.2, 0) is 25.9 Å². The fourth-order valence-electron chi connectivity index (χ4n) is 10.5. The molecule has 226 valence electrons. The van der Waals surface area contributed by atoms with Crippen LogP contribution in [0.2, 0.25) is 0 Å². The Bertz CT molecular complexity index is 2840. The Labute approximate surface area is 277 Å². The van der Waals surface area contributed by atoms with Gasteiger partial charge < -0.3 is 9.13 Å². The second-order valence-corrected chi connectivity index (χ2v) is 14.5. The molecule has 0 radical (unpaired) electrons. The molecule has 0 N–H and O–H groups in total. The van der Waals surface area contributed by atoms with Crippen molar-refractivity contribution in [2.75, 3.05) is 0 Å². The van der Waals surface area contributed by atoms with Gasteiger partial charge in [-0.2, -0.15) is 0 Å². The summed E-state index contributed by atoms with van der Waals surface area (Å²) in [4.78, 5) is 11.4.